The summed E-state index contributed by atoms with van der Waals surface area (Å²) in [5.74, 6) is -1.21. The van der Waals surface area contributed by atoms with Crippen LogP contribution in [0.1, 0.15) is 12.0 Å². The first-order valence-corrected chi connectivity index (χ1v) is 6.45. The van der Waals surface area contributed by atoms with E-state index < -0.39 is 12.0 Å². The van der Waals surface area contributed by atoms with E-state index in [0.29, 0.717) is 19.7 Å². The Bertz CT molecular complexity index is 504. The normalized spacial score (nSPS) is 18.1. The van der Waals surface area contributed by atoms with E-state index in [1.807, 2.05) is 24.3 Å². The quantitative estimate of drug-likeness (QED) is 0.837. The van der Waals surface area contributed by atoms with Crippen molar-refractivity contribution in [3.63, 3.8) is 0 Å². The molecule has 0 aliphatic carbocycles. The van der Waals surface area contributed by atoms with Gasteiger partial charge in [-0.3, -0.25) is 9.59 Å². The zero-order chi connectivity index (χ0) is 14.5. The van der Waals surface area contributed by atoms with Gasteiger partial charge in [-0.2, -0.15) is 0 Å². The van der Waals surface area contributed by atoms with Crippen molar-refractivity contribution in [2.24, 2.45) is 0 Å². The van der Waals surface area contributed by atoms with Crippen LogP contribution < -0.4 is 5.32 Å². The molecule has 0 spiro atoms. The summed E-state index contributed by atoms with van der Waals surface area (Å²) in [6.45, 7) is 1.33. The lowest BCUT2D eigenvalue weighted by molar-refractivity contribution is -0.141. The number of benzene rings is 1. The standard InChI is InChI=1S/C14H18N2O4/c1-20-7-6-16-9-10-4-2-3-5-11(10)15-12(14(16)19)8-13(17)18/h2-5,12,15H,6-9H2,1H3,(H,17,18). The number of aliphatic carboxylic acids is 1. The highest BCUT2D eigenvalue weighted by molar-refractivity contribution is 5.90. The van der Waals surface area contributed by atoms with Crippen LogP contribution in [0, 0.1) is 0 Å². The van der Waals surface area contributed by atoms with Crippen LogP contribution in [0.2, 0.25) is 0 Å². The summed E-state index contributed by atoms with van der Waals surface area (Å²) in [6, 6.07) is 6.80. The molecule has 1 amide bonds. The van der Waals surface area contributed by atoms with E-state index in [-0.39, 0.29) is 12.3 Å². The van der Waals surface area contributed by atoms with Gasteiger partial charge in [0.2, 0.25) is 5.91 Å². The predicted octanol–water partition coefficient (Wildman–Crippen LogP) is 0.930. The summed E-state index contributed by atoms with van der Waals surface area (Å²) in [4.78, 5) is 25.0. The van der Waals surface area contributed by atoms with Crippen LogP contribution in [0.15, 0.2) is 24.3 Å². The lowest BCUT2D eigenvalue weighted by Gasteiger charge is -2.23. The predicted molar refractivity (Wildman–Crippen MR) is 73.4 cm³/mol. The van der Waals surface area contributed by atoms with Gasteiger partial charge in [-0.15, -0.1) is 0 Å². The average Bonchev–Trinajstić information content (AvgIpc) is 2.54. The lowest BCUT2D eigenvalue weighted by Crippen LogP contribution is -2.42. The Morgan fingerprint density at radius 3 is 2.95 bits per heavy atom. The van der Waals surface area contributed by atoms with E-state index >= 15 is 0 Å². The number of carboxylic acid groups (broad SMARTS) is 1. The fraction of sp³-hybridized carbons (Fsp3) is 0.429. The second-order valence-electron chi connectivity index (χ2n) is 4.70. The number of anilines is 1. The number of hydrogen-bond donors (Lipinski definition) is 2. The second-order valence-corrected chi connectivity index (χ2v) is 4.70. The molecule has 108 valence electrons. The Kier molecular flexibility index (Phi) is 4.57. The molecule has 1 aliphatic heterocycles. The molecule has 1 unspecified atom stereocenters. The Labute approximate surface area is 117 Å². The summed E-state index contributed by atoms with van der Waals surface area (Å²) in [7, 11) is 1.57. The molecule has 1 atom stereocenters. The number of fused-ring (bicyclic) bond motifs is 1. The number of amides is 1. The van der Waals surface area contributed by atoms with E-state index in [2.05, 4.69) is 5.32 Å². The van der Waals surface area contributed by atoms with Crippen molar-refractivity contribution in [3.05, 3.63) is 29.8 Å². The fourth-order valence-corrected chi connectivity index (χ4v) is 2.26. The maximum Gasteiger partial charge on any atom is 0.305 e. The fourth-order valence-electron chi connectivity index (χ4n) is 2.26. The van der Waals surface area contributed by atoms with Gasteiger partial charge in [0.15, 0.2) is 0 Å². The van der Waals surface area contributed by atoms with E-state index in [1.165, 1.54) is 0 Å². The van der Waals surface area contributed by atoms with Crippen LogP contribution in [0.5, 0.6) is 0 Å². The van der Waals surface area contributed by atoms with Crippen molar-refractivity contribution in [3.8, 4) is 0 Å². The average molecular weight is 278 g/mol. The molecule has 1 aromatic rings. The highest BCUT2D eigenvalue weighted by Gasteiger charge is 2.30. The van der Waals surface area contributed by atoms with E-state index in [4.69, 9.17) is 9.84 Å². The summed E-state index contributed by atoms with van der Waals surface area (Å²) in [5.41, 5.74) is 1.79. The third kappa shape index (κ3) is 3.27. The van der Waals surface area contributed by atoms with Gasteiger partial charge in [0.05, 0.1) is 13.0 Å². The van der Waals surface area contributed by atoms with Crippen molar-refractivity contribution in [1.29, 1.82) is 0 Å². The van der Waals surface area contributed by atoms with Crippen molar-refractivity contribution in [2.75, 3.05) is 25.6 Å². The molecule has 0 aromatic heterocycles. The molecular formula is C14H18N2O4. The molecule has 0 fully saturated rings. The molecule has 0 bridgehead atoms. The summed E-state index contributed by atoms with van der Waals surface area (Å²) in [6.07, 6.45) is -0.239. The summed E-state index contributed by atoms with van der Waals surface area (Å²) in [5, 5.41) is 12.0. The van der Waals surface area contributed by atoms with Crippen LogP contribution in [0.25, 0.3) is 0 Å². The first kappa shape index (κ1) is 14.3. The van der Waals surface area contributed by atoms with Crippen LogP contribution in [-0.4, -0.2) is 48.2 Å². The van der Waals surface area contributed by atoms with Crippen molar-refractivity contribution in [1.82, 2.24) is 4.90 Å². The number of nitrogens with one attached hydrogen (secondary N) is 1. The first-order chi connectivity index (χ1) is 9.61. The molecule has 6 heteroatoms. The van der Waals surface area contributed by atoms with Gasteiger partial charge in [0.25, 0.3) is 0 Å². The second kappa shape index (κ2) is 6.38. The number of hydrogen-bond acceptors (Lipinski definition) is 4. The molecule has 0 saturated heterocycles. The van der Waals surface area contributed by atoms with E-state index in [9.17, 15) is 9.59 Å². The van der Waals surface area contributed by atoms with Crippen LogP contribution in [0.4, 0.5) is 5.69 Å². The Balaban J connectivity index is 2.26. The van der Waals surface area contributed by atoms with E-state index in [1.54, 1.807) is 12.0 Å². The van der Waals surface area contributed by atoms with Gasteiger partial charge in [0.1, 0.15) is 6.04 Å². The highest BCUT2D eigenvalue weighted by Crippen LogP contribution is 2.23. The summed E-state index contributed by atoms with van der Waals surface area (Å²) >= 11 is 0. The molecule has 6 nitrogen and oxygen atoms in total. The van der Waals surface area contributed by atoms with Gasteiger partial charge >= 0.3 is 5.97 Å². The Hall–Kier alpha value is -2.08. The lowest BCUT2D eigenvalue weighted by atomic mass is 10.1. The maximum absolute atomic E-state index is 12.4. The smallest absolute Gasteiger partial charge is 0.305 e. The van der Waals surface area contributed by atoms with Crippen molar-refractivity contribution in [2.45, 2.75) is 19.0 Å². The van der Waals surface area contributed by atoms with Crippen LogP contribution in [-0.2, 0) is 20.9 Å². The SMILES string of the molecule is COCCN1Cc2ccccc2NC(CC(=O)O)C1=O. The molecule has 1 aliphatic rings. The van der Waals surface area contributed by atoms with Gasteiger partial charge in [0, 0.05) is 25.9 Å². The van der Waals surface area contributed by atoms with Crippen molar-refractivity contribution >= 4 is 17.6 Å². The van der Waals surface area contributed by atoms with Gasteiger partial charge < -0.3 is 20.1 Å². The first-order valence-electron chi connectivity index (χ1n) is 6.45. The number of para-hydroxylation sites is 1. The molecule has 2 N–H and O–H groups in total. The minimum Gasteiger partial charge on any atom is -0.481 e. The number of carbonyl (C=O) groups is 2. The zero-order valence-corrected chi connectivity index (χ0v) is 11.3. The maximum atomic E-state index is 12.4. The molecular weight excluding hydrogens is 260 g/mol. The number of carbonyl (C=O) groups excluding carboxylic acids is 1. The number of nitrogens with zero attached hydrogens (tertiary/aromatic N) is 1. The topological polar surface area (TPSA) is 78.9 Å². The number of ether oxygens (including phenoxy) is 1. The minimum absolute atomic E-state index is 0.208. The molecule has 0 radical (unpaired) electrons. The minimum atomic E-state index is -0.998. The third-order valence-corrected chi connectivity index (χ3v) is 3.26. The third-order valence-electron chi connectivity index (χ3n) is 3.26. The number of carboxylic acids is 1. The monoisotopic (exact) mass is 278 g/mol. The molecule has 0 saturated carbocycles. The largest absolute Gasteiger partial charge is 0.481 e. The van der Waals surface area contributed by atoms with Crippen LogP contribution >= 0.6 is 0 Å². The Morgan fingerprint density at radius 2 is 2.25 bits per heavy atom. The van der Waals surface area contributed by atoms with Crippen molar-refractivity contribution < 1.29 is 19.4 Å². The molecule has 1 aromatic carbocycles. The van der Waals surface area contributed by atoms with Gasteiger partial charge in [-0.05, 0) is 11.6 Å². The summed E-state index contributed by atoms with van der Waals surface area (Å²) < 4.78 is 5.01. The molecule has 2 rings (SSSR count). The number of rotatable bonds is 5. The highest BCUT2D eigenvalue weighted by atomic mass is 16.5. The zero-order valence-electron chi connectivity index (χ0n) is 11.3. The Morgan fingerprint density at radius 1 is 1.50 bits per heavy atom. The number of methoxy groups -OCH3 is 1. The van der Waals surface area contributed by atoms with Crippen LogP contribution in [0.3, 0.4) is 0 Å². The van der Waals surface area contributed by atoms with Gasteiger partial charge in [-0.1, -0.05) is 18.2 Å². The van der Waals surface area contributed by atoms with Gasteiger partial charge in [-0.25, -0.2) is 0 Å². The van der Waals surface area contributed by atoms with E-state index in [0.717, 1.165) is 11.3 Å². The molecule has 1 heterocycles. The molecule has 20 heavy (non-hydrogen) atoms.